The molecule has 3 rings (SSSR count). The van der Waals surface area contributed by atoms with Crippen LogP contribution >= 0.6 is 38.9 Å². The van der Waals surface area contributed by atoms with E-state index >= 15 is 0 Å². The van der Waals surface area contributed by atoms with Crippen LogP contribution in [0, 0.1) is 0 Å². The van der Waals surface area contributed by atoms with Gasteiger partial charge in [0.15, 0.2) is 5.82 Å². The normalized spacial score (nSPS) is 14.7. The van der Waals surface area contributed by atoms with Gasteiger partial charge in [0.25, 0.3) is 0 Å². The Morgan fingerprint density at radius 2 is 2.06 bits per heavy atom. The number of aromatic nitrogens is 2. The SMILES string of the molecule is Clc1nc(-c2sccc2Br)nc2c1CCCC2. The van der Waals surface area contributed by atoms with Crippen molar-refractivity contribution in [3.63, 3.8) is 0 Å². The molecule has 5 heteroatoms. The standard InChI is InChI=1S/C12H10BrClN2S/c13-8-5-6-17-10(8)12-15-9-4-2-1-3-7(9)11(14)16-12/h5-6H,1-4H2. The van der Waals surface area contributed by atoms with Crippen molar-refractivity contribution >= 4 is 38.9 Å². The minimum absolute atomic E-state index is 0.630. The van der Waals surface area contributed by atoms with Crippen LogP contribution < -0.4 is 0 Å². The van der Waals surface area contributed by atoms with Crippen LogP contribution in [-0.2, 0) is 12.8 Å². The van der Waals surface area contributed by atoms with Gasteiger partial charge in [-0.25, -0.2) is 9.97 Å². The summed E-state index contributed by atoms with van der Waals surface area (Å²) in [4.78, 5) is 10.1. The summed E-state index contributed by atoms with van der Waals surface area (Å²) >= 11 is 11.4. The number of hydrogen-bond acceptors (Lipinski definition) is 3. The zero-order chi connectivity index (χ0) is 11.8. The Labute approximate surface area is 117 Å². The predicted molar refractivity (Wildman–Crippen MR) is 74.7 cm³/mol. The van der Waals surface area contributed by atoms with E-state index in [4.69, 9.17) is 11.6 Å². The third-order valence-electron chi connectivity index (χ3n) is 2.95. The predicted octanol–water partition coefficient (Wildman–Crippen LogP) is 4.50. The first-order valence-corrected chi connectivity index (χ1v) is 7.59. The fourth-order valence-corrected chi connectivity index (χ4v) is 3.87. The summed E-state index contributed by atoms with van der Waals surface area (Å²) in [5.41, 5.74) is 2.28. The highest BCUT2D eigenvalue weighted by atomic mass is 79.9. The van der Waals surface area contributed by atoms with Gasteiger partial charge >= 0.3 is 0 Å². The average molecular weight is 330 g/mol. The van der Waals surface area contributed by atoms with E-state index in [0.717, 1.165) is 39.3 Å². The first-order valence-electron chi connectivity index (χ1n) is 5.54. The fraction of sp³-hybridized carbons (Fsp3) is 0.333. The van der Waals surface area contributed by atoms with Crippen molar-refractivity contribution in [1.82, 2.24) is 9.97 Å². The number of halogens is 2. The Hall–Kier alpha value is -0.450. The van der Waals surface area contributed by atoms with E-state index in [1.54, 1.807) is 11.3 Å². The number of aryl methyl sites for hydroxylation is 1. The molecule has 2 nitrogen and oxygen atoms in total. The molecule has 1 aliphatic carbocycles. The highest BCUT2D eigenvalue weighted by Gasteiger charge is 2.18. The van der Waals surface area contributed by atoms with E-state index in [2.05, 4.69) is 25.9 Å². The molecular weight excluding hydrogens is 320 g/mol. The second kappa shape index (κ2) is 4.67. The second-order valence-corrected chi connectivity index (χ2v) is 6.20. The van der Waals surface area contributed by atoms with Crippen molar-refractivity contribution in [2.24, 2.45) is 0 Å². The van der Waals surface area contributed by atoms with Crippen LogP contribution in [0.25, 0.3) is 10.7 Å². The van der Waals surface area contributed by atoms with Crippen LogP contribution in [-0.4, -0.2) is 9.97 Å². The van der Waals surface area contributed by atoms with Gasteiger partial charge in [-0.1, -0.05) is 11.6 Å². The average Bonchev–Trinajstić information content (AvgIpc) is 2.75. The van der Waals surface area contributed by atoms with Crippen LogP contribution in [0.5, 0.6) is 0 Å². The molecule has 0 radical (unpaired) electrons. The molecule has 2 aromatic rings. The molecule has 0 spiro atoms. The Balaban J connectivity index is 2.14. The molecule has 2 heterocycles. The van der Waals surface area contributed by atoms with Crippen molar-refractivity contribution in [3.05, 3.63) is 32.3 Å². The summed E-state index contributed by atoms with van der Waals surface area (Å²) in [6, 6.07) is 2.01. The number of rotatable bonds is 1. The van der Waals surface area contributed by atoms with Gasteiger partial charge in [-0.3, -0.25) is 0 Å². The Kier molecular flexibility index (Phi) is 3.19. The molecule has 0 saturated carbocycles. The number of thiophene rings is 1. The van der Waals surface area contributed by atoms with E-state index in [1.165, 1.54) is 12.8 Å². The minimum atomic E-state index is 0.630. The largest absolute Gasteiger partial charge is 0.232 e. The van der Waals surface area contributed by atoms with Crippen molar-refractivity contribution in [2.75, 3.05) is 0 Å². The quantitative estimate of drug-likeness (QED) is 0.720. The molecular formula is C12H10BrClN2S. The van der Waals surface area contributed by atoms with Crippen LogP contribution in [0.1, 0.15) is 24.1 Å². The topological polar surface area (TPSA) is 25.8 Å². The van der Waals surface area contributed by atoms with Gasteiger partial charge < -0.3 is 0 Å². The van der Waals surface area contributed by atoms with Gasteiger partial charge in [0.1, 0.15) is 5.15 Å². The molecule has 2 aromatic heterocycles. The van der Waals surface area contributed by atoms with Crippen molar-refractivity contribution in [1.29, 1.82) is 0 Å². The van der Waals surface area contributed by atoms with Crippen molar-refractivity contribution < 1.29 is 0 Å². The summed E-state index contributed by atoms with van der Waals surface area (Å²) < 4.78 is 1.04. The third-order valence-corrected chi connectivity index (χ3v) is 5.10. The van der Waals surface area contributed by atoms with E-state index in [1.807, 2.05) is 11.4 Å². The Morgan fingerprint density at radius 3 is 2.82 bits per heavy atom. The molecule has 0 N–H and O–H groups in total. The molecule has 0 aliphatic heterocycles. The van der Waals surface area contributed by atoms with Gasteiger partial charge in [-0.05, 0) is 53.1 Å². The number of nitrogens with zero attached hydrogens (tertiary/aromatic N) is 2. The lowest BCUT2D eigenvalue weighted by Gasteiger charge is -2.16. The zero-order valence-electron chi connectivity index (χ0n) is 9.04. The lowest BCUT2D eigenvalue weighted by Crippen LogP contribution is -2.08. The summed E-state index contributed by atoms with van der Waals surface area (Å²) in [6.07, 6.45) is 4.43. The molecule has 0 fully saturated rings. The van der Waals surface area contributed by atoms with Gasteiger partial charge in [-0.15, -0.1) is 11.3 Å². The van der Waals surface area contributed by atoms with E-state index in [0.29, 0.717) is 5.15 Å². The fourth-order valence-electron chi connectivity index (χ4n) is 2.10. The van der Waals surface area contributed by atoms with Gasteiger partial charge in [0.05, 0.1) is 4.88 Å². The van der Waals surface area contributed by atoms with E-state index in [-0.39, 0.29) is 0 Å². The summed E-state index contributed by atoms with van der Waals surface area (Å²) in [5.74, 6) is 0.748. The third kappa shape index (κ3) is 2.14. The van der Waals surface area contributed by atoms with Crippen LogP contribution in [0.3, 0.4) is 0 Å². The molecule has 88 valence electrons. The van der Waals surface area contributed by atoms with Gasteiger partial charge in [0, 0.05) is 15.7 Å². The maximum Gasteiger partial charge on any atom is 0.172 e. The number of fused-ring (bicyclic) bond motifs is 1. The lowest BCUT2D eigenvalue weighted by molar-refractivity contribution is 0.664. The zero-order valence-corrected chi connectivity index (χ0v) is 12.2. The maximum absolute atomic E-state index is 6.25. The van der Waals surface area contributed by atoms with Crippen molar-refractivity contribution in [2.45, 2.75) is 25.7 Å². The van der Waals surface area contributed by atoms with Gasteiger partial charge in [-0.2, -0.15) is 0 Å². The molecule has 0 amide bonds. The molecule has 0 bridgehead atoms. The minimum Gasteiger partial charge on any atom is -0.232 e. The highest BCUT2D eigenvalue weighted by Crippen LogP contribution is 2.34. The first-order chi connectivity index (χ1) is 8.25. The Bertz CT molecular complexity index is 568. The molecule has 0 saturated heterocycles. The molecule has 0 aromatic carbocycles. The molecule has 0 unspecified atom stereocenters. The highest BCUT2D eigenvalue weighted by molar-refractivity contribution is 9.10. The van der Waals surface area contributed by atoms with E-state index in [9.17, 15) is 0 Å². The maximum atomic E-state index is 6.25. The Morgan fingerprint density at radius 1 is 1.24 bits per heavy atom. The van der Waals surface area contributed by atoms with Gasteiger partial charge in [0.2, 0.25) is 0 Å². The van der Waals surface area contributed by atoms with E-state index < -0.39 is 0 Å². The number of hydrogen-bond donors (Lipinski definition) is 0. The summed E-state index contributed by atoms with van der Waals surface area (Å²) in [6.45, 7) is 0. The smallest absolute Gasteiger partial charge is 0.172 e. The second-order valence-electron chi connectivity index (χ2n) is 4.07. The van der Waals surface area contributed by atoms with Crippen LogP contribution in [0.15, 0.2) is 15.9 Å². The van der Waals surface area contributed by atoms with Crippen LogP contribution in [0.4, 0.5) is 0 Å². The molecule has 17 heavy (non-hydrogen) atoms. The van der Waals surface area contributed by atoms with Crippen molar-refractivity contribution in [3.8, 4) is 10.7 Å². The van der Waals surface area contributed by atoms with Crippen LogP contribution in [0.2, 0.25) is 5.15 Å². The monoisotopic (exact) mass is 328 g/mol. The lowest BCUT2D eigenvalue weighted by atomic mass is 9.97. The molecule has 1 aliphatic rings. The first kappa shape index (κ1) is 11.6. The summed E-state index contributed by atoms with van der Waals surface area (Å²) in [5, 5.41) is 2.65. The molecule has 0 atom stereocenters. The summed E-state index contributed by atoms with van der Waals surface area (Å²) in [7, 11) is 0.